The van der Waals surface area contributed by atoms with Crippen molar-refractivity contribution in [2.24, 2.45) is 5.92 Å². The Hall–Kier alpha value is -0.530. The van der Waals surface area contributed by atoms with E-state index < -0.39 is 0 Å². The first-order valence-corrected chi connectivity index (χ1v) is 7.80. The molecule has 0 saturated heterocycles. The molecule has 0 amide bonds. The second-order valence-electron chi connectivity index (χ2n) is 4.58. The minimum atomic E-state index is 0.660. The maximum Gasteiger partial charge on any atom is 0.110 e. The number of benzene rings is 1. The van der Waals surface area contributed by atoms with E-state index in [0.717, 1.165) is 24.3 Å². The Morgan fingerprint density at radius 2 is 2.00 bits per heavy atom. The van der Waals surface area contributed by atoms with Gasteiger partial charge in [0.1, 0.15) is 5.69 Å². The monoisotopic (exact) mass is 373 g/mol. The molecule has 2 rings (SSSR count). The van der Waals surface area contributed by atoms with Crippen LogP contribution in [0, 0.1) is 9.49 Å². The summed E-state index contributed by atoms with van der Waals surface area (Å²) in [6.07, 6.45) is 0. The van der Waals surface area contributed by atoms with Crippen LogP contribution in [0.4, 0.5) is 0 Å². The van der Waals surface area contributed by atoms with Crippen molar-refractivity contribution in [3.05, 3.63) is 32.7 Å². The van der Waals surface area contributed by atoms with Gasteiger partial charge in [-0.25, -0.2) is 0 Å². The summed E-state index contributed by atoms with van der Waals surface area (Å²) in [7, 11) is 0. The average Bonchev–Trinajstić information content (AvgIpc) is 2.78. The van der Waals surface area contributed by atoms with E-state index in [4.69, 9.17) is 0 Å². The zero-order chi connectivity index (χ0) is 13.0. The highest BCUT2D eigenvalue weighted by Gasteiger charge is 2.10. The van der Waals surface area contributed by atoms with E-state index in [2.05, 4.69) is 75.6 Å². The number of halogens is 1. The van der Waals surface area contributed by atoms with Crippen LogP contribution in [0.15, 0.2) is 24.3 Å². The van der Waals surface area contributed by atoms with E-state index in [0.29, 0.717) is 5.92 Å². The van der Waals surface area contributed by atoms with E-state index >= 15 is 0 Å². The van der Waals surface area contributed by atoms with Gasteiger partial charge < -0.3 is 5.32 Å². The molecule has 0 radical (unpaired) electrons. The lowest BCUT2D eigenvalue weighted by molar-refractivity contribution is 0.555. The predicted octanol–water partition coefficient (Wildman–Crippen LogP) is 3.56. The lowest BCUT2D eigenvalue weighted by Crippen LogP contribution is -2.18. The number of aromatic nitrogens is 2. The molecule has 0 aliphatic heterocycles. The van der Waals surface area contributed by atoms with Gasteiger partial charge in [0.2, 0.25) is 0 Å². The fraction of sp³-hybridized carbons (Fsp3) is 0.385. The van der Waals surface area contributed by atoms with Crippen LogP contribution in [0.5, 0.6) is 0 Å². The Bertz CT molecular complexity index is 493. The molecule has 0 unspecified atom stereocenters. The Morgan fingerprint density at radius 3 is 2.67 bits per heavy atom. The van der Waals surface area contributed by atoms with Gasteiger partial charge in [-0.3, -0.25) is 0 Å². The summed E-state index contributed by atoms with van der Waals surface area (Å²) in [4.78, 5) is 1.21. The van der Waals surface area contributed by atoms with Gasteiger partial charge in [0.25, 0.3) is 0 Å². The van der Waals surface area contributed by atoms with Crippen molar-refractivity contribution in [1.29, 1.82) is 0 Å². The van der Waals surface area contributed by atoms with Gasteiger partial charge in [0, 0.05) is 15.7 Å². The van der Waals surface area contributed by atoms with Crippen molar-refractivity contribution in [3.63, 3.8) is 0 Å². The first-order chi connectivity index (χ1) is 8.66. The van der Waals surface area contributed by atoms with Crippen LogP contribution in [0.2, 0.25) is 0 Å². The third kappa shape index (κ3) is 3.73. The number of hydrogen-bond acceptors (Lipinski definition) is 4. The SMILES string of the molecule is CC(C)CNCc1snnc1-c1ccc(I)cc1. The standard InChI is InChI=1S/C13H16IN3S/c1-9(2)7-15-8-12-13(16-17-18-12)10-3-5-11(14)6-4-10/h3-6,9,15H,7-8H2,1-2H3. The van der Waals surface area contributed by atoms with Crippen molar-refractivity contribution in [1.82, 2.24) is 14.9 Å². The molecule has 0 bridgehead atoms. The lowest BCUT2D eigenvalue weighted by atomic mass is 10.1. The molecule has 0 saturated carbocycles. The summed E-state index contributed by atoms with van der Waals surface area (Å²) < 4.78 is 5.30. The van der Waals surface area contributed by atoms with Crippen molar-refractivity contribution in [3.8, 4) is 11.3 Å². The number of hydrogen-bond donors (Lipinski definition) is 1. The third-order valence-electron chi connectivity index (χ3n) is 2.51. The molecule has 1 aromatic heterocycles. The molecule has 0 aliphatic carbocycles. The number of nitrogens with one attached hydrogen (secondary N) is 1. The summed E-state index contributed by atoms with van der Waals surface area (Å²) in [5.41, 5.74) is 2.15. The quantitative estimate of drug-likeness (QED) is 0.815. The smallest absolute Gasteiger partial charge is 0.110 e. The molecule has 2 aromatic rings. The lowest BCUT2D eigenvalue weighted by Gasteiger charge is -2.06. The third-order valence-corrected chi connectivity index (χ3v) is 3.95. The molecule has 0 aliphatic rings. The molecule has 1 heterocycles. The Balaban J connectivity index is 2.10. The maximum absolute atomic E-state index is 4.24. The highest BCUT2D eigenvalue weighted by Crippen LogP contribution is 2.24. The Morgan fingerprint density at radius 1 is 1.28 bits per heavy atom. The molecular formula is C13H16IN3S. The summed E-state index contributed by atoms with van der Waals surface area (Å²) in [6.45, 7) is 6.27. The van der Waals surface area contributed by atoms with Crippen molar-refractivity contribution in [2.45, 2.75) is 20.4 Å². The van der Waals surface area contributed by atoms with Gasteiger partial charge in [0.05, 0.1) is 4.88 Å². The van der Waals surface area contributed by atoms with Gasteiger partial charge in [-0.05, 0) is 58.7 Å². The van der Waals surface area contributed by atoms with E-state index in [9.17, 15) is 0 Å². The minimum Gasteiger partial charge on any atom is -0.311 e. The van der Waals surface area contributed by atoms with Crippen LogP contribution in [0.25, 0.3) is 11.3 Å². The van der Waals surface area contributed by atoms with Crippen LogP contribution >= 0.6 is 34.1 Å². The second-order valence-corrected chi connectivity index (χ2v) is 6.66. The number of nitrogens with zero attached hydrogens (tertiary/aromatic N) is 2. The molecule has 1 aromatic carbocycles. The topological polar surface area (TPSA) is 37.8 Å². The summed E-state index contributed by atoms with van der Waals surface area (Å²) >= 11 is 3.78. The molecule has 0 spiro atoms. The van der Waals surface area contributed by atoms with Gasteiger partial charge >= 0.3 is 0 Å². The van der Waals surface area contributed by atoms with Crippen molar-refractivity contribution < 1.29 is 0 Å². The maximum atomic E-state index is 4.24. The molecule has 0 atom stereocenters. The van der Waals surface area contributed by atoms with Crippen LogP contribution < -0.4 is 5.32 Å². The average molecular weight is 373 g/mol. The normalized spacial score (nSPS) is 11.1. The molecule has 5 heteroatoms. The van der Waals surface area contributed by atoms with Crippen LogP contribution in [0.3, 0.4) is 0 Å². The van der Waals surface area contributed by atoms with Crippen molar-refractivity contribution >= 4 is 34.1 Å². The second kappa shape index (κ2) is 6.58. The largest absolute Gasteiger partial charge is 0.311 e. The Kier molecular flexibility index (Phi) is 5.08. The van der Waals surface area contributed by atoms with E-state index in [-0.39, 0.29) is 0 Å². The molecule has 1 N–H and O–H groups in total. The highest BCUT2D eigenvalue weighted by molar-refractivity contribution is 14.1. The summed E-state index contributed by atoms with van der Waals surface area (Å²) in [5, 5.41) is 7.68. The molecule has 18 heavy (non-hydrogen) atoms. The molecule has 96 valence electrons. The molecule has 0 fully saturated rings. The van der Waals surface area contributed by atoms with E-state index in [1.165, 1.54) is 20.0 Å². The van der Waals surface area contributed by atoms with Crippen LogP contribution in [-0.2, 0) is 6.54 Å². The van der Waals surface area contributed by atoms with Gasteiger partial charge in [0.15, 0.2) is 0 Å². The first kappa shape index (κ1) is 13.9. The van der Waals surface area contributed by atoms with E-state index in [1.54, 1.807) is 0 Å². The fourth-order valence-electron chi connectivity index (χ4n) is 1.63. The van der Waals surface area contributed by atoms with Crippen molar-refractivity contribution in [2.75, 3.05) is 6.54 Å². The van der Waals surface area contributed by atoms with Gasteiger partial charge in [-0.1, -0.05) is 30.5 Å². The zero-order valence-corrected chi connectivity index (χ0v) is 13.5. The van der Waals surface area contributed by atoms with Crippen LogP contribution in [-0.4, -0.2) is 16.1 Å². The summed E-state index contributed by atoms with van der Waals surface area (Å²) in [5.74, 6) is 0.660. The highest BCUT2D eigenvalue weighted by atomic mass is 127. The molecule has 3 nitrogen and oxygen atoms in total. The van der Waals surface area contributed by atoms with Gasteiger partial charge in [-0.15, -0.1) is 5.10 Å². The number of rotatable bonds is 5. The van der Waals surface area contributed by atoms with Gasteiger partial charge in [-0.2, -0.15) is 0 Å². The predicted molar refractivity (Wildman–Crippen MR) is 84.6 cm³/mol. The zero-order valence-electron chi connectivity index (χ0n) is 10.5. The van der Waals surface area contributed by atoms with Crippen LogP contribution in [0.1, 0.15) is 18.7 Å². The Labute approximate surface area is 125 Å². The minimum absolute atomic E-state index is 0.660. The first-order valence-electron chi connectivity index (χ1n) is 5.94. The van der Waals surface area contributed by atoms with E-state index in [1.807, 2.05) is 0 Å². The summed E-state index contributed by atoms with van der Waals surface area (Å²) in [6, 6.07) is 8.40. The fourth-order valence-corrected chi connectivity index (χ4v) is 2.62. The molecular weight excluding hydrogens is 357 g/mol.